The van der Waals surface area contributed by atoms with Crippen molar-refractivity contribution in [2.24, 2.45) is 0 Å². The first kappa shape index (κ1) is 25.2. The van der Waals surface area contributed by atoms with Gasteiger partial charge in [0, 0.05) is 0 Å². The first-order chi connectivity index (χ1) is 13.6. The second-order valence-corrected chi connectivity index (χ2v) is 8.93. The van der Waals surface area contributed by atoms with Gasteiger partial charge in [0.05, 0.1) is 11.4 Å². The maximum absolute atomic E-state index is 12.7. The molecule has 0 radical (unpaired) electrons. The standard InChI is InChI=1S/C21H30F3NO3S/c1-3-4-5-6-7-8-9-10-11-16-25(20(26)17-21(22,23)24)29(27,28)19-14-12-18(2)13-15-19/h10-15H,3-9,16-17H2,1-2H3/b11-10+. The van der Waals surface area contributed by atoms with Crippen LogP contribution in [0.5, 0.6) is 0 Å². The van der Waals surface area contributed by atoms with Crippen LogP contribution in [0, 0.1) is 6.92 Å². The summed E-state index contributed by atoms with van der Waals surface area (Å²) in [6.07, 6.45) is 3.89. The van der Waals surface area contributed by atoms with E-state index in [1.54, 1.807) is 13.0 Å². The van der Waals surface area contributed by atoms with Crippen molar-refractivity contribution in [3.05, 3.63) is 42.0 Å². The Bertz CT molecular complexity index is 756. The quantitative estimate of drug-likeness (QED) is 0.311. The fourth-order valence-electron chi connectivity index (χ4n) is 2.76. The molecule has 0 aliphatic rings. The first-order valence-corrected chi connectivity index (χ1v) is 11.4. The molecule has 4 nitrogen and oxygen atoms in total. The van der Waals surface area contributed by atoms with E-state index in [9.17, 15) is 26.4 Å². The Kier molecular flexibility index (Phi) is 10.4. The summed E-state index contributed by atoms with van der Waals surface area (Å²) in [7, 11) is -4.36. The van der Waals surface area contributed by atoms with Gasteiger partial charge in [-0.3, -0.25) is 4.79 Å². The molecule has 164 valence electrons. The van der Waals surface area contributed by atoms with Gasteiger partial charge in [-0.1, -0.05) is 68.9 Å². The molecule has 0 aromatic heterocycles. The van der Waals surface area contributed by atoms with Gasteiger partial charge in [-0.25, -0.2) is 12.7 Å². The van der Waals surface area contributed by atoms with Gasteiger partial charge in [0.15, 0.2) is 0 Å². The molecule has 0 saturated carbocycles. The number of carbonyl (C=O) groups excluding carboxylic acids is 1. The van der Waals surface area contributed by atoms with Gasteiger partial charge in [0.25, 0.3) is 10.0 Å². The second kappa shape index (κ2) is 12.0. The molecule has 0 heterocycles. The number of alkyl halides is 3. The predicted molar refractivity (Wildman–Crippen MR) is 108 cm³/mol. The van der Waals surface area contributed by atoms with Crippen LogP contribution in [0.1, 0.15) is 63.9 Å². The molecular weight excluding hydrogens is 403 g/mol. The number of benzene rings is 1. The first-order valence-electron chi connectivity index (χ1n) is 9.92. The van der Waals surface area contributed by atoms with Crippen molar-refractivity contribution in [3.63, 3.8) is 0 Å². The topological polar surface area (TPSA) is 54.5 Å². The number of halogens is 3. The van der Waals surface area contributed by atoms with Crippen LogP contribution in [0.4, 0.5) is 13.2 Å². The number of hydrogen-bond acceptors (Lipinski definition) is 3. The molecule has 0 aliphatic carbocycles. The number of aryl methyl sites for hydroxylation is 1. The van der Waals surface area contributed by atoms with Crippen molar-refractivity contribution in [3.8, 4) is 0 Å². The smallest absolute Gasteiger partial charge is 0.273 e. The van der Waals surface area contributed by atoms with Crippen molar-refractivity contribution in [1.82, 2.24) is 4.31 Å². The molecular formula is C21H30F3NO3S. The fraction of sp³-hybridized carbons (Fsp3) is 0.571. The van der Waals surface area contributed by atoms with Gasteiger partial charge in [-0.05, 0) is 31.9 Å². The van der Waals surface area contributed by atoms with Gasteiger partial charge in [0.2, 0.25) is 5.91 Å². The second-order valence-electron chi connectivity index (χ2n) is 7.06. The van der Waals surface area contributed by atoms with Crippen molar-refractivity contribution < 1.29 is 26.4 Å². The summed E-state index contributed by atoms with van der Waals surface area (Å²) in [5.41, 5.74) is 0.802. The summed E-state index contributed by atoms with van der Waals surface area (Å²) in [5, 5.41) is 0. The largest absolute Gasteiger partial charge is 0.397 e. The number of nitrogens with zero attached hydrogens (tertiary/aromatic N) is 1. The molecule has 0 atom stereocenters. The lowest BCUT2D eigenvalue weighted by molar-refractivity contribution is -0.157. The van der Waals surface area contributed by atoms with Gasteiger partial charge < -0.3 is 0 Å². The van der Waals surface area contributed by atoms with Crippen molar-refractivity contribution in [1.29, 1.82) is 0 Å². The summed E-state index contributed by atoms with van der Waals surface area (Å²) in [6, 6.07) is 5.65. The molecule has 0 aliphatic heterocycles. The van der Waals surface area contributed by atoms with Gasteiger partial charge in [-0.15, -0.1) is 0 Å². The molecule has 0 unspecified atom stereocenters. The van der Waals surface area contributed by atoms with E-state index in [4.69, 9.17) is 0 Å². The summed E-state index contributed by atoms with van der Waals surface area (Å²) in [4.78, 5) is 11.9. The number of sulfonamides is 1. The highest BCUT2D eigenvalue weighted by molar-refractivity contribution is 7.89. The number of unbranched alkanes of at least 4 members (excludes halogenated alkanes) is 6. The van der Waals surface area contributed by atoms with Crippen LogP contribution < -0.4 is 0 Å². The van der Waals surface area contributed by atoms with Crippen LogP contribution in [0.2, 0.25) is 0 Å². The lowest BCUT2D eigenvalue weighted by atomic mass is 10.1. The van der Waals surface area contributed by atoms with Gasteiger partial charge >= 0.3 is 6.18 Å². The van der Waals surface area contributed by atoms with E-state index >= 15 is 0 Å². The summed E-state index contributed by atoms with van der Waals surface area (Å²) < 4.78 is 63.8. The zero-order valence-corrected chi connectivity index (χ0v) is 17.9. The molecule has 0 spiro atoms. The number of hydrogen-bond donors (Lipinski definition) is 0. The van der Waals surface area contributed by atoms with Crippen LogP contribution in [-0.4, -0.2) is 31.4 Å². The Morgan fingerprint density at radius 3 is 2.17 bits per heavy atom. The Morgan fingerprint density at radius 1 is 1.00 bits per heavy atom. The lowest BCUT2D eigenvalue weighted by Crippen LogP contribution is -2.39. The van der Waals surface area contributed by atoms with E-state index in [1.165, 1.54) is 43.2 Å². The number of allylic oxidation sites excluding steroid dienone is 1. The number of amides is 1. The van der Waals surface area contributed by atoms with E-state index in [0.29, 0.717) is 10.7 Å². The number of carbonyl (C=O) groups is 1. The molecule has 0 saturated heterocycles. The molecule has 0 fully saturated rings. The Hall–Kier alpha value is -1.83. The molecule has 1 aromatic carbocycles. The van der Waals surface area contributed by atoms with Gasteiger partial charge in [0.1, 0.15) is 6.42 Å². The van der Waals surface area contributed by atoms with Crippen molar-refractivity contribution in [2.45, 2.75) is 76.3 Å². The van der Waals surface area contributed by atoms with E-state index in [-0.39, 0.29) is 4.90 Å². The van der Waals surface area contributed by atoms with Gasteiger partial charge in [-0.2, -0.15) is 13.2 Å². The summed E-state index contributed by atoms with van der Waals surface area (Å²) >= 11 is 0. The van der Waals surface area contributed by atoms with E-state index in [0.717, 1.165) is 31.2 Å². The Balaban J connectivity index is 2.80. The summed E-state index contributed by atoms with van der Waals surface area (Å²) in [6.45, 7) is 3.48. The maximum atomic E-state index is 12.7. The normalized spacial score (nSPS) is 12.4. The SMILES string of the molecule is CCCCCCCC/C=C/CN(C(=O)CC(F)(F)F)S(=O)(=O)c1ccc(C)cc1. The highest BCUT2D eigenvalue weighted by atomic mass is 32.2. The predicted octanol–water partition coefficient (Wildman–Crippen LogP) is 5.77. The molecule has 0 bridgehead atoms. The average Bonchev–Trinajstić information content (AvgIpc) is 2.62. The van der Waals surface area contributed by atoms with Crippen LogP contribution in [0.25, 0.3) is 0 Å². The van der Waals surface area contributed by atoms with Crippen LogP contribution >= 0.6 is 0 Å². The minimum atomic E-state index is -4.78. The monoisotopic (exact) mass is 433 g/mol. The van der Waals surface area contributed by atoms with E-state index < -0.39 is 35.1 Å². The minimum Gasteiger partial charge on any atom is -0.273 e. The van der Waals surface area contributed by atoms with Crippen molar-refractivity contribution in [2.75, 3.05) is 6.54 Å². The molecule has 29 heavy (non-hydrogen) atoms. The number of rotatable bonds is 12. The summed E-state index contributed by atoms with van der Waals surface area (Å²) in [5.74, 6) is -1.48. The van der Waals surface area contributed by atoms with Crippen LogP contribution in [0.3, 0.4) is 0 Å². The fourth-order valence-corrected chi connectivity index (χ4v) is 4.11. The third kappa shape index (κ3) is 9.47. The Labute approximate surface area is 171 Å². The van der Waals surface area contributed by atoms with E-state index in [1.807, 2.05) is 0 Å². The van der Waals surface area contributed by atoms with Crippen molar-refractivity contribution >= 4 is 15.9 Å². The molecule has 1 rings (SSSR count). The zero-order valence-electron chi connectivity index (χ0n) is 17.0. The van der Waals surface area contributed by atoms with E-state index in [2.05, 4.69) is 6.92 Å². The third-order valence-corrected chi connectivity index (χ3v) is 6.20. The molecule has 0 N–H and O–H groups in total. The minimum absolute atomic E-state index is 0.206. The highest BCUT2D eigenvalue weighted by Gasteiger charge is 2.37. The maximum Gasteiger partial charge on any atom is 0.397 e. The molecule has 1 amide bonds. The Morgan fingerprint density at radius 2 is 1.59 bits per heavy atom. The molecule has 1 aromatic rings. The third-order valence-electron chi connectivity index (χ3n) is 4.40. The van der Waals surface area contributed by atoms with Crippen LogP contribution in [0.15, 0.2) is 41.3 Å². The van der Waals surface area contributed by atoms with Crippen LogP contribution in [-0.2, 0) is 14.8 Å². The lowest BCUT2D eigenvalue weighted by Gasteiger charge is -2.22. The highest BCUT2D eigenvalue weighted by Crippen LogP contribution is 2.24. The zero-order chi connectivity index (χ0) is 21.9. The average molecular weight is 434 g/mol. The molecule has 8 heteroatoms.